The van der Waals surface area contributed by atoms with Gasteiger partial charge in [-0.15, -0.1) is 0 Å². The highest BCUT2D eigenvalue weighted by Gasteiger charge is 2.24. The van der Waals surface area contributed by atoms with Gasteiger partial charge in [0.15, 0.2) is 0 Å². The maximum atomic E-state index is 11.8. The molecule has 1 aromatic heterocycles. The first-order valence-corrected chi connectivity index (χ1v) is 7.57. The molecule has 5 nitrogen and oxygen atoms in total. The molecule has 0 spiro atoms. The number of hydrogen-bond donors (Lipinski definition) is 2. The lowest BCUT2D eigenvalue weighted by atomic mass is 10.2. The Labute approximate surface area is 131 Å². The molecule has 0 bridgehead atoms. The highest BCUT2D eigenvalue weighted by Crippen LogP contribution is 2.25. The Balaban J connectivity index is 1.70. The zero-order valence-corrected chi connectivity index (χ0v) is 13.1. The van der Waals surface area contributed by atoms with Crippen LogP contribution >= 0.6 is 15.9 Å². The summed E-state index contributed by atoms with van der Waals surface area (Å²) >= 11 is 3.50. The second kappa shape index (κ2) is 5.81. The Morgan fingerprint density at radius 1 is 1.29 bits per heavy atom. The molecule has 1 saturated carbocycles. The summed E-state index contributed by atoms with van der Waals surface area (Å²) in [5.41, 5.74) is 2.42. The molecule has 108 valence electrons. The fourth-order valence-corrected chi connectivity index (χ4v) is 2.45. The van der Waals surface area contributed by atoms with Crippen LogP contribution in [-0.4, -0.2) is 21.9 Å². The van der Waals surface area contributed by atoms with Crippen LogP contribution in [0.1, 0.15) is 28.9 Å². The molecule has 21 heavy (non-hydrogen) atoms. The minimum atomic E-state index is -0.159. The first kappa shape index (κ1) is 14.0. The SMILES string of the molecule is Cc1ccc(Nc2cnc(C(=O)NC3CC3)cn2)c(Br)c1. The second-order valence-electron chi connectivity index (χ2n) is 5.14. The van der Waals surface area contributed by atoms with Gasteiger partial charge in [-0.25, -0.2) is 9.97 Å². The number of carbonyl (C=O) groups excluding carboxylic acids is 1. The molecule has 1 heterocycles. The first-order valence-electron chi connectivity index (χ1n) is 6.78. The van der Waals surface area contributed by atoms with E-state index in [1.807, 2.05) is 25.1 Å². The minimum absolute atomic E-state index is 0.159. The summed E-state index contributed by atoms with van der Waals surface area (Å²) in [5.74, 6) is 0.440. The third kappa shape index (κ3) is 3.58. The van der Waals surface area contributed by atoms with E-state index in [0.717, 1.165) is 23.0 Å². The van der Waals surface area contributed by atoms with Gasteiger partial charge in [0, 0.05) is 10.5 Å². The van der Waals surface area contributed by atoms with Gasteiger partial charge in [-0.2, -0.15) is 0 Å². The quantitative estimate of drug-likeness (QED) is 0.892. The summed E-state index contributed by atoms with van der Waals surface area (Å²) in [5, 5.41) is 6.05. The van der Waals surface area contributed by atoms with Crippen molar-refractivity contribution in [1.29, 1.82) is 0 Å². The summed E-state index contributed by atoms with van der Waals surface area (Å²) < 4.78 is 0.958. The topological polar surface area (TPSA) is 66.9 Å². The molecule has 1 aromatic carbocycles. The molecule has 1 amide bonds. The predicted octanol–water partition coefficient (Wildman–Crippen LogP) is 3.18. The van der Waals surface area contributed by atoms with Crippen LogP contribution < -0.4 is 10.6 Å². The molecule has 0 atom stereocenters. The van der Waals surface area contributed by atoms with E-state index < -0.39 is 0 Å². The van der Waals surface area contributed by atoms with Gasteiger partial charge in [0.25, 0.3) is 5.91 Å². The lowest BCUT2D eigenvalue weighted by molar-refractivity contribution is 0.0945. The maximum Gasteiger partial charge on any atom is 0.271 e. The Hall–Kier alpha value is -1.95. The van der Waals surface area contributed by atoms with Crippen molar-refractivity contribution in [2.24, 2.45) is 0 Å². The van der Waals surface area contributed by atoms with Gasteiger partial charge in [0.2, 0.25) is 0 Å². The van der Waals surface area contributed by atoms with Crippen LogP contribution in [0.15, 0.2) is 35.1 Å². The van der Waals surface area contributed by atoms with Crippen molar-refractivity contribution in [3.63, 3.8) is 0 Å². The number of aryl methyl sites for hydroxylation is 1. The molecule has 1 aliphatic carbocycles. The summed E-state index contributed by atoms with van der Waals surface area (Å²) in [7, 11) is 0. The molecule has 0 saturated heterocycles. The molecule has 0 unspecified atom stereocenters. The zero-order chi connectivity index (χ0) is 14.8. The smallest absolute Gasteiger partial charge is 0.271 e. The van der Waals surface area contributed by atoms with E-state index in [0.29, 0.717) is 17.6 Å². The highest BCUT2D eigenvalue weighted by atomic mass is 79.9. The standard InChI is InChI=1S/C15H15BrN4O/c1-9-2-5-12(11(16)6-9)20-14-8-17-13(7-18-14)15(21)19-10-3-4-10/h2,5-8,10H,3-4H2,1H3,(H,18,20)(H,19,21). The van der Waals surface area contributed by atoms with Gasteiger partial charge in [-0.1, -0.05) is 6.07 Å². The molecule has 0 radical (unpaired) electrons. The van der Waals surface area contributed by atoms with E-state index in [-0.39, 0.29) is 5.91 Å². The third-order valence-corrected chi connectivity index (χ3v) is 3.84. The molecule has 2 N–H and O–H groups in total. The van der Waals surface area contributed by atoms with E-state index in [2.05, 4.69) is 36.5 Å². The molecule has 0 aliphatic heterocycles. The van der Waals surface area contributed by atoms with E-state index in [9.17, 15) is 4.79 Å². The van der Waals surface area contributed by atoms with Crippen molar-refractivity contribution in [3.05, 3.63) is 46.3 Å². The van der Waals surface area contributed by atoms with E-state index in [1.165, 1.54) is 11.8 Å². The number of rotatable bonds is 4. The number of aromatic nitrogens is 2. The molecule has 6 heteroatoms. The van der Waals surface area contributed by atoms with E-state index >= 15 is 0 Å². The van der Waals surface area contributed by atoms with Crippen LogP contribution in [0.5, 0.6) is 0 Å². The molecular formula is C15H15BrN4O. The fourth-order valence-electron chi connectivity index (χ4n) is 1.86. The summed E-state index contributed by atoms with van der Waals surface area (Å²) in [6.07, 6.45) is 5.16. The summed E-state index contributed by atoms with van der Waals surface area (Å²) in [4.78, 5) is 20.2. The number of nitrogens with zero attached hydrogens (tertiary/aromatic N) is 2. The number of amides is 1. The van der Waals surface area contributed by atoms with E-state index in [1.54, 1.807) is 6.20 Å². The third-order valence-electron chi connectivity index (χ3n) is 3.18. The molecule has 1 aliphatic rings. The lowest BCUT2D eigenvalue weighted by Gasteiger charge is -2.08. The molecule has 2 aromatic rings. The van der Waals surface area contributed by atoms with Crippen molar-refractivity contribution in [2.75, 3.05) is 5.32 Å². The average molecular weight is 347 g/mol. The number of anilines is 2. The van der Waals surface area contributed by atoms with Gasteiger partial charge < -0.3 is 10.6 Å². The second-order valence-corrected chi connectivity index (χ2v) is 6.00. The lowest BCUT2D eigenvalue weighted by Crippen LogP contribution is -2.26. The molecular weight excluding hydrogens is 332 g/mol. The summed E-state index contributed by atoms with van der Waals surface area (Å²) in [6, 6.07) is 6.32. The fraction of sp³-hybridized carbons (Fsp3) is 0.267. The minimum Gasteiger partial charge on any atom is -0.348 e. The van der Waals surface area contributed by atoms with Gasteiger partial charge in [0.1, 0.15) is 11.5 Å². The largest absolute Gasteiger partial charge is 0.348 e. The number of hydrogen-bond acceptors (Lipinski definition) is 4. The molecule has 3 rings (SSSR count). The Morgan fingerprint density at radius 2 is 2.10 bits per heavy atom. The van der Waals surface area contributed by atoms with E-state index in [4.69, 9.17) is 0 Å². The van der Waals surface area contributed by atoms with Crippen molar-refractivity contribution in [2.45, 2.75) is 25.8 Å². The monoisotopic (exact) mass is 346 g/mol. The van der Waals surface area contributed by atoms with Gasteiger partial charge in [0.05, 0.1) is 18.1 Å². The Morgan fingerprint density at radius 3 is 2.71 bits per heavy atom. The Kier molecular flexibility index (Phi) is 3.88. The number of nitrogens with one attached hydrogen (secondary N) is 2. The van der Waals surface area contributed by atoms with Crippen LogP contribution in [0.25, 0.3) is 0 Å². The van der Waals surface area contributed by atoms with Gasteiger partial charge in [-0.05, 0) is 53.4 Å². The molecule has 1 fully saturated rings. The van der Waals surface area contributed by atoms with Crippen LogP contribution in [0.2, 0.25) is 0 Å². The highest BCUT2D eigenvalue weighted by molar-refractivity contribution is 9.10. The van der Waals surface area contributed by atoms with Crippen LogP contribution in [0.3, 0.4) is 0 Å². The summed E-state index contributed by atoms with van der Waals surface area (Å²) in [6.45, 7) is 2.03. The van der Waals surface area contributed by atoms with Crippen molar-refractivity contribution >= 4 is 33.3 Å². The Bertz CT molecular complexity index is 668. The average Bonchev–Trinajstić information content (AvgIpc) is 3.26. The van der Waals surface area contributed by atoms with Crippen LogP contribution in [0.4, 0.5) is 11.5 Å². The predicted molar refractivity (Wildman–Crippen MR) is 84.7 cm³/mol. The normalized spacial score (nSPS) is 13.8. The number of halogens is 1. The van der Waals surface area contributed by atoms with Crippen LogP contribution in [-0.2, 0) is 0 Å². The van der Waals surface area contributed by atoms with Crippen molar-refractivity contribution in [3.8, 4) is 0 Å². The van der Waals surface area contributed by atoms with Crippen LogP contribution in [0, 0.1) is 6.92 Å². The number of benzene rings is 1. The van der Waals surface area contributed by atoms with Crippen molar-refractivity contribution in [1.82, 2.24) is 15.3 Å². The zero-order valence-electron chi connectivity index (χ0n) is 11.6. The maximum absolute atomic E-state index is 11.8. The first-order chi connectivity index (χ1) is 10.1. The van der Waals surface area contributed by atoms with Crippen molar-refractivity contribution < 1.29 is 4.79 Å². The van der Waals surface area contributed by atoms with Gasteiger partial charge in [-0.3, -0.25) is 4.79 Å². The number of carbonyl (C=O) groups is 1. The van der Waals surface area contributed by atoms with Gasteiger partial charge >= 0.3 is 0 Å².